The van der Waals surface area contributed by atoms with Crippen LogP contribution in [-0.4, -0.2) is 13.3 Å². The molecule has 4 heterocycles. The van der Waals surface area contributed by atoms with E-state index in [1.165, 1.54) is 93.2 Å². The standard InChI is InChI=1S/C69H74BN3OS/c1-14-44(43(2)3)36-46(45-22-16-15-17-23-45)42-71-57-41-53-52(68(10,11)34-35-69(53,12)13)40-54(57)70-63-58(71)38-50(72-55-24-18-20-26-60(55)74-61-27-21-19-25-56(61)72)39-59(63)73(49-31-28-47(29-32-49)66(4,5)6)64-51-37-48(67(7,8)9)30-33-62(51)75-65(64)70/h14-16,18-22,24-33,36-41,43H,17,23,34-35,42H2,1-13H3/b44-14+,46-36+. The third-order valence-electron chi connectivity index (χ3n) is 17.4. The Morgan fingerprint density at radius 2 is 1.32 bits per heavy atom. The average Bonchev–Trinajstić information content (AvgIpc) is 3.78. The summed E-state index contributed by atoms with van der Waals surface area (Å²) in [6.07, 6.45) is 16.2. The van der Waals surface area contributed by atoms with Gasteiger partial charge in [0.25, 0.3) is 6.71 Å². The van der Waals surface area contributed by atoms with Crippen LogP contribution in [0.1, 0.15) is 138 Å². The van der Waals surface area contributed by atoms with Gasteiger partial charge in [-0.1, -0.05) is 162 Å². The second kappa shape index (κ2) is 17.8. The Kier molecular flexibility index (Phi) is 11.7. The number of ether oxygens (including phenoxy) is 1. The minimum absolute atomic E-state index is 0.00640. The summed E-state index contributed by atoms with van der Waals surface area (Å²) in [7, 11) is 0. The number of hydrogen-bond acceptors (Lipinski definition) is 5. The molecule has 380 valence electrons. The minimum Gasteiger partial charge on any atom is -0.453 e. The van der Waals surface area contributed by atoms with Crippen LogP contribution < -0.4 is 35.1 Å². The highest BCUT2D eigenvalue weighted by molar-refractivity contribution is 7.33. The van der Waals surface area contributed by atoms with Gasteiger partial charge in [0.2, 0.25) is 0 Å². The summed E-state index contributed by atoms with van der Waals surface area (Å²) in [6, 6.07) is 44.4. The van der Waals surface area contributed by atoms with E-state index in [9.17, 15) is 0 Å². The minimum atomic E-state index is -0.0290. The Morgan fingerprint density at radius 1 is 0.693 bits per heavy atom. The fourth-order valence-corrected chi connectivity index (χ4v) is 14.1. The van der Waals surface area contributed by atoms with Gasteiger partial charge in [0, 0.05) is 44.2 Å². The molecule has 1 aromatic heterocycles. The fraction of sp³-hybridized carbons (Fsp3) is 0.333. The average molecular weight is 1000 g/mol. The molecule has 0 saturated carbocycles. The van der Waals surface area contributed by atoms with Gasteiger partial charge in [-0.15, -0.1) is 11.3 Å². The monoisotopic (exact) mass is 1000 g/mol. The van der Waals surface area contributed by atoms with Crippen LogP contribution in [0, 0.1) is 5.92 Å². The first kappa shape index (κ1) is 49.4. The van der Waals surface area contributed by atoms with Crippen LogP contribution in [0.2, 0.25) is 0 Å². The number of para-hydroxylation sites is 4. The van der Waals surface area contributed by atoms with E-state index >= 15 is 0 Å². The molecule has 0 bridgehead atoms. The number of thiophene rings is 1. The van der Waals surface area contributed by atoms with Gasteiger partial charge in [-0.3, -0.25) is 0 Å². The molecular formula is C69H74BN3OS. The second-order valence-electron chi connectivity index (χ2n) is 25.7. The van der Waals surface area contributed by atoms with Crippen molar-refractivity contribution in [1.82, 2.24) is 0 Å². The molecule has 12 rings (SSSR count). The van der Waals surface area contributed by atoms with E-state index in [4.69, 9.17) is 4.74 Å². The van der Waals surface area contributed by atoms with Crippen molar-refractivity contribution in [3.05, 3.63) is 185 Å². The summed E-state index contributed by atoms with van der Waals surface area (Å²) in [4.78, 5) is 7.90. The third-order valence-corrected chi connectivity index (χ3v) is 18.6. The third kappa shape index (κ3) is 8.24. The van der Waals surface area contributed by atoms with Crippen molar-refractivity contribution in [2.45, 2.75) is 137 Å². The van der Waals surface area contributed by atoms with Crippen LogP contribution in [0.4, 0.5) is 45.5 Å². The number of anilines is 8. The second-order valence-corrected chi connectivity index (χ2v) is 26.8. The number of nitrogens with zero attached hydrogens (tertiary/aromatic N) is 3. The number of hydrogen-bond donors (Lipinski definition) is 0. The molecule has 0 radical (unpaired) electrons. The lowest BCUT2D eigenvalue weighted by Gasteiger charge is -2.47. The van der Waals surface area contributed by atoms with E-state index in [0.717, 1.165) is 60.8 Å². The summed E-state index contributed by atoms with van der Waals surface area (Å²) in [6.45, 7) is 31.6. The molecule has 0 fully saturated rings. The molecule has 6 aromatic carbocycles. The van der Waals surface area contributed by atoms with Gasteiger partial charge < -0.3 is 19.4 Å². The van der Waals surface area contributed by atoms with Crippen molar-refractivity contribution in [2.75, 3.05) is 21.2 Å². The van der Waals surface area contributed by atoms with Crippen LogP contribution in [0.25, 0.3) is 10.1 Å². The Bertz CT molecular complexity index is 3540. The van der Waals surface area contributed by atoms with E-state index in [1.807, 2.05) is 11.3 Å². The van der Waals surface area contributed by atoms with Crippen LogP contribution in [0.15, 0.2) is 162 Å². The summed E-state index contributed by atoms with van der Waals surface area (Å²) in [5, 5.41) is 1.32. The summed E-state index contributed by atoms with van der Waals surface area (Å²) in [5.74, 6) is 2.09. The normalized spacial score (nSPS) is 17.5. The topological polar surface area (TPSA) is 19.0 Å². The zero-order chi connectivity index (χ0) is 52.5. The Hall–Kier alpha value is -6.50. The lowest BCUT2D eigenvalue weighted by atomic mass is 9.35. The Labute approximate surface area is 452 Å². The molecule has 5 aliphatic rings. The van der Waals surface area contributed by atoms with Crippen molar-refractivity contribution >= 4 is 89.3 Å². The van der Waals surface area contributed by atoms with E-state index in [0.29, 0.717) is 5.92 Å². The van der Waals surface area contributed by atoms with Gasteiger partial charge in [-0.05, 0) is 177 Å². The van der Waals surface area contributed by atoms with Crippen molar-refractivity contribution < 1.29 is 4.74 Å². The summed E-state index contributed by atoms with van der Waals surface area (Å²) < 4.78 is 9.48. The number of allylic oxidation sites excluding steroid dienone is 6. The summed E-state index contributed by atoms with van der Waals surface area (Å²) in [5.41, 5.74) is 22.1. The molecule has 0 spiro atoms. The molecule has 0 unspecified atom stereocenters. The molecule has 75 heavy (non-hydrogen) atoms. The van der Waals surface area contributed by atoms with Gasteiger partial charge in [-0.2, -0.15) is 0 Å². The number of fused-ring (bicyclic) bond motifs is 9. The van der Waals surface area contributed by atoms with Crippen LogP contribution in [0.5, 0.6) is 11.5 Å². The van der Waals surface area contributed by atoms with Crippen molar-refractivity contribution in [2.24, 2.45) is 5.92 Å². The number of benzene rings is 6. The smallest absolute Gasteiger partial charge is 0.264 e. The van der Waals surface area contributed by atoms with Crippen LogP contribution in [0.3, 0.4) is 0 Å². The highest BCUT2D eigenvalue weighted by Crippen LogP contribution is 2.55. The van der Waals surface area contributed by atoms with Gasteiger partial charge >= 0.3 is 0 Å². The van der Waals surface area contributed by atoms with E-state index in [1.54, 1.807) is 0 Å². The van der Waals surface area contributed by atoms with Crippen molar-refractivity contribution in [1.29, 1.82) is 0 Å². The Balaban J connectivity index is 1.24. The SMILES string of the molecule is C/C=C(\C=C(/CN1c2cc3c(cc2B2c4sc5ccc(C(C)(C)C)cc5c4N(c4ccc(C(C)(C)C)cc4)c4cc(N5c6ccccc6Oc6ccccc65)cc1c42)C(C)(C)CCC3(C)C)C1=CC=CCC1)C(C)C. The predicted octanol–water partition coefficient (Wildman–Crippen LogP) is 18.0. The molecule has 6 heteroatoms. The molecular weight excluding hydrogens is 930 g/mol. The lowest BCUT2D eigenvalue weighted by molar-refractivity contribution is 0.332. The largest absolute Gasteiger partial charge is 0.453 e. The molecule has 0 N–H and O–H groups in total. The van der Waals surface area contributed by atoms with Gasteiger partial charge in [0.05, 0.1) is 22.7 Å². The van der Waals surface area contributed by atoms with Gasteiger partial charge in [0.15, 0.2) is 11.5 Å². The number of rotatable bonds is 7. The first-order valence-corrected chi connectivity index (χ1v) is 28.5. The highest BCUT2D eigenvalue weighted by Gasteiger charge is 2.48. The molecule has 3 aliphatic heterocycles. The van der Waals surface area contributed by atoms with Crippen molar-refractivity contribution in [3.63, 3.8) is 0 Å². The zero-order valence-electron chi connectivity index (χ0n) is 46.7. The molecule has 0 amide bonds. The van der Waals surface area contributed by atoms with E-state index < -0.39 is 0 Å². The summed E-state index contributed by atoms with van der Waals surface area (Å²) >= 11 is 2.01. The maximum absolute atomic E-state index is 6.74. The Morgan fingerprint density at radius 3 is 1.93 bits per heavy atom. The predicted molar refractivity (Wildman–Crippen MR) is 325 cm³/mol. The molecule has 4 nitrogen and oxygen atoms in total. The fourth-order valence-electron chi connectivity index (χ4n) is 12.8. The van der Waals surface area contributed by atoms with E-state index in [2.05, 4.69) is 250 Å². The highest BCUT2D eigenvalue weighted by atomic mass is 32.1. The van der Waals surface area contributed by atoms with E-state index in [-0.39, 0.29) is 28.4 Å². The first-order valence-electron chi connectivity index (χ1n) is 27.7. The van der Waals surface area contributed by atoms with Crippen LogP contribution >= 0.6 is 11.3 Å². The van der Waals surface area contributed by atoms with Crippen molar-refractivity contribution in [3.8, 4) is 11.5 Å². The molecule has 0 atom stereocenters. The first-order chi connectivity index (χ1) is 35.7. The maximum Gasteiger partial charge on any atom is 0.264 e. The molecule has 7 aromatic rings. The maximum atomic E-state index is 6.74. The van der Waals surface area contributed by atoms with Gasteiger partial charge in [-0.25, -0.2) is 0 Å². The molecule has 0 saturated heterocycles. The zero-order valence-corrected chi connectivity index (χ0v) is 47.5. The quantitative estimate of drug-likeness (QED) is 0.117. The lowest BCUT2D eigenvalue weighted by Crippen LogP contribution is -2.61. The van der Waals surface area contributed by atoms with Gasteiger partial charge in [0.1, 0.15) is 0 Å². The molecule has 2 aliphatic carbocycles. The van der Waals surface area contributed by atoms with Crippen LogP contribution in [-0.2, 0) is 21.7 Å².